The van der Waals surface area contributed by atoms with Crippen LogP contribution in [0.1, 0.15) is 5.89 Å². The minimum atomic E-state index is -0.399. The maximum absolute atomic E-state index is 12.8. The zero-order chi connectivity index (χ0) is 9.97. The Morgan fingerprint density at radius 3 is 2.69 bits per heavy atom. The predicted octanol–water partition coefficient (Wildman–Crippen LogP) is -1.84. The molecule has 0 fully saturated rings. The third kappa shape index (κ3) is 3.21. The molecule has 16 heavy (non-hydrogen) atoms. The molecule has 0 spiro atoms. The van der Waals surface area contributed by atoms with Crippen LogP contribution in [0, 0.1) is 5.82 Å². The van der Waals surface area contributed by atoms with E-state index < -0.39 is 5.82 Å². The van der Waals surface area contributed by atoms with Crippen molar-refractivity contribution < 1.29 is 48.7 Å². The molecular formula is C9H5FN2NaO3-. The zero-order valence-electron chi connectivity index (χ0n) is 8.35. The summed E-state index contributed by atoms with van der Waals surface area (Å²) >= 11 is 0. The molecule has 5 nitrogen and oxygen atoms in total. The van der Waals surface area contributed by atoms with Gasteiger partial charge in [0.15, 0.2) is 5.82 Å². The van der Waals surface area contributed by atoms with E-state index >= 15 is 0 Å². The van der Waals surface area contributed by atoms with Crippen LogP contribution in [0.5, 0.6) is 0 Å². The first kappa shape index (κ1) is 14.9. The molecule has 0 atom stereocenters. The van der Waals surface area contributed by atoms with Gasteiger partial charge in [0.2, 0.25) is 0 Å². The fraction of sp³-hybridized carbons (Fsp3) is 0. The quantitative estimate of drug-likeness (QED) is 0.448. The van der Waals surface area contributed by atoms with E-state index in [2.05, 4.69) is 14.7 Å². The van der Waals surface area contributed by atoms with Gasteiger partial charge in [0.05, 0.1) is 0 Å². The Balaban J connectivity index is 0.00000112. The van der Waals surface area contributed by atoms with Gasteiger partial charge >= 0.3 is 29.6 Å². The van der Waals surface area contributed by atoms with Gasteiger partial charge in [0, 0.05) is 5.56 Å². The number of hydrogen-bond acceptors (Lipinski definition) is 5. The van der Waals surface area contributed by atoms with Crippen LogP contribution in [0.4, 0.5) is 4.39 Å². The summed E-state index contributed by atoms with van der Waals surface area (Å²) in [5, 5.41) is 3.48. The largest absolute Gasteiger partial charge is 1.00 e. The van der Waals surface area contributed by atoms with Gasteiger partial charge in [-0.05, 0) is 12.1 Å². The molecule has 0 aliphatic rings. The van der Waals surface area contributed by atoms with E-state index in [-0.39, 0.29) is 46.7 Å². The topological polar surface area (TPSA) is 86.0 Å². The van der Waals surface area contributed by atoms with Crippen LogP contribution in [-0.4, -0.2) is 21.9 Å². The first-order valence-corrected chi connectivity index (χ1v) is 3.77. The van der Waals surface area contributed by atoms with Gasteiger partial charge < -0.3 is 14.8 Å². The first-order valence-electron chi connectivity index (χ1n) is 3.77. The molecule has 1 aromatic carbocycles. The molecule has 78 valence electrons. The van der Waals surface area contributed by atoms with Crippen LogP contribution >= 0.6 is 0 Å². The Kier molecular flexibility index (Phi) is 6.05. The van der Waals surface area contributed by atoms with Crippen molar-refractivity contribution in [2.45, 2.75) is 0 Å². The summed E-state index contributed by atoms with van der Waals surface area (Å²) in [5.41, 5.74) is 0.454. The Morgan fingerprint density at radius 1 is 1.38 bits per heavy atom. The van der Waals surface area contributed by atoms with Crippen molar-refractivity contribution in [2.75, 3.05) is 0 Å². The van der Waals surface area contributed by atoms with Crippen molar-refractivity contribution in [1.82, 2.24) is 10.1 Å². The number of rotatable bonds is 2. The Morgan fingerprint density at radius 2 is 2.12 bits per heavy atom. The summed E-state index contributed by atoms with van der Waals surface area (Å²) in [5.74, 6) is -0.476. The summed E-state index contributed by atoms with van der Waals surface area (Å²) in [6.07, 6.45) is 1.45. The molecule has 0 saturated heterocycles. The van der Waals surface area contributed by atoms with Crippen LogP contribution < -0.4 is 29.6 Å². The van der Waals surface area contributed by atoms with E-state index in [4.69, 9.17) is 0 Å². The molecule has 1 heterocycles. The second kappa shape index (κ2) is 6.49. The summed E-state index contributed by atoms with van der Waals surface area (Å²) < 4.78 is 17.3. The van der Waals surface area contributed by atoms with E-state index in [1.54, 1.807) is 6.07 Å². The van der Waals surface area contributed by atoms with Crippen molar-refractivity contribution in [3.63, 3.8) is 0 Å². The van der Waals surface area contributed by atoms with E-state index in [9.17, 15) is 9.18 Å². The number of halogens is 1. The fourth-order valence-electron chi connectivity index (χ4n) is 1.01. The molecule has 1 aromatic heterocycles. The SMILES string of the molecule is O=[C-]c1nc(-c2cccc(F)c2)no1.[Na+].[OH-]. The molecule has 2 rings (SSSR count). The third-order valence-electron chi connectivity index (χ3n) is 1.60. The van der Waals surface area contributed by atoms with Crippen molar-refractivity contribution >= 4 is 6.29 Å². The Hall–Kier alpha value is -1.08. The molecule has 0 amide bonds. The third-order valence-corrected chi connectivity index (χ3v) is 1.60. The van der Waals surface area contributed by atoms with Crippen LogP contribution in [-0.2, 0) is 4.79 Å². The number of benzene rings is 1. The van der Waals surface area contributed by atoms with Gasteiger partial charge in [-0.3, -0.25) is 0 Å². The summed E-state index contributed by atoms with van der Waals surface area (Å²) in [4.78, 5) is 13.8. The van der Waals surface area contributed by atoms with Crippen molar-refractivity contribution in [1.29, 1.82) is 0 Å². The number of carbonyl (C=O) groups excluding carboxylic acids is 1. The standard InChI is InChI=1S/C9H4FN2O2.Na.H2O/c10-7-3-1-2-6(4-7)9-11-8(5-13)14-12-9;;/h1-4H;;1H2/q-1;+1;/p-1. The normalized spacial score (nSPS) is 8.81. The molecule has 0 aliphatic carbocycles. The molecule has 7 heteroatoms. The smallest absolute Gasteiger partial charge is 0.870 e. The molecule has 2 aromatic rings. The molecule has 0 saturated carbocycles. The van der Waals surface area contributed by atoms with Crippen LogP contribution in [0.2, 0.25) is 0 Å². The summed E-state index contributed by atoms with van der Waals surface area (Å²) in [7, 11) is 0. The second-order valence-electron chi connectivity index (χ2n) is 2.54. The van der Waals surface area contributed by atoms with E-state index in [0.717, 1.165) is 0 Å². The van der Waals surface area contributed by atoms with Crippen LogP contribution in [0.15, 0.2) is 28.8 Å². The predicted molar refractivity (Wildman–Crippen MR) is 46.4 cm³/mol. The molecule has 1 N–H and O–H groups in total. The summed E-state index contributed by atoms with van der Waals surface area (Å²) in [6, 6.07) is 5.68. The summed E-state index contributed by atoms with van der Waals surface area (Å²) in [6.45, 7) is 0. The van der Waals surface area contributed by atoms with E-state index in [1.807, 2.05) is 0 Å². The van der Waals surface area contributed by atoms with Gasteiger partial charge in [0.1, 0.15) is 11.7 Å². The molecule has 0 unspecified atom stereocenters. The zero-order valence-corrected chi connectivity index (χ0v) is 10.3. The first-order chi connectivity index (χ1) is 6.79. The average molecular weight is 231 g/mol. The van der Waals surface area contributed by atoms with Crippen molar-refractivity contribution in [2.24, 2.45) is 0 Å². The molecule has 0 bridgehead atoms. The maximum Gasteiger partial charge on any atom is 1.00 e. The van der Waals surface area contributed by atoms with Crippen LogP contribution in [0.25, 0.3) is 11.4 Å². The second-order valence-corrected chi connectivity index (χ2v) is 2.54. The minimum absolute atomic E-state index is 0. The average Bonchev–Trinajstić information content (AvgIpc) is 2.66. The number of nitrogens with zero attached hydrogens (tertiary/aromatic N) is 2. The molecule has 0 radical (unpaired) electrons. The Bertz CT molecular complexity index is 475. The number of aromatic nitrogens is 2. The van der Waals surface area contributed by atoms with E-state index in [1.165, 1.54) is 24.5 Å². The van der Waals surface area contributed by atoms with Gasteiger partial charge in [-0.25, -0.2) is 9.37 Å². The van der Waals surface area contributed by atoms with Gasteiger partial charge in [-0.1, -0.05) is 17.3 Å². The molecular weight excluding hydrogens is 226 g/mol. The fourth-order valence-corrected chi connectivity index (χ4v) is 1.01. The van der Waals surface area contributed by atoms with Crippen LogP contribution in [0.3, 0.4) is 0 Å². The van der Waals surface area contributed by atoms with E-state index in [0.29, 0.717) is 5.56 Å². The van der Waals surface area contributed by atoms with Gasteiger partial charge in [-0.2, -0.15) is 6.29 Å². The van der Waals surface area contributed by atoms with Gasteiger partial charge in [-0.15, -0.1) is 0 Å². The number of hydrogen-bond donors (Lipinski definition) is 0. The van der Waals surface area contributed by atoms with Gasteiger partial charge in [0.25, 0.3) is 0 Å². The Labute approximate surface area is 112 Å². The minimum Gasteiger partial charge on any atom is -0.870 e. The maximum atomic E-state index is 12.8. The monoisotopic (exact) mass is 231 g/mol. The molecule has 0 aliphatic heterocycles. The van der Waals surface area contributed by atoms with Crippen molar-refractivity contribution in [3.05, 3.63) is 36.0 Å². The van der Waals surface area contributed by atoms with Crippen molar-refractivity contribution in [3.8, 4) is 11.4 Å².